The van der Waals surface area contributed by atoms with E-state index in [1.165, 1.54) is 0 Å². The number of rotatable bonds is 10. The molecule has 1 aromatic heterocycles. The van der Waals surface area contributed by atoms with Gasteiger partial charge in [-0.2, -0.15) is 0 Å². The first-order chi connectivity index (χ1) is 13.4. The molecular weight excluding hydrogens is 384 g/mol. The van der Waals surface area contributed by atoms with Gasteiger partial charge in [0.1, 0.15) is 12.1 Å². The molecule has 0 aliphatic heterocycles. The maximum Gasteiger partial charge on any atom is 0.328 e. The average Bonchev–Trinajstić information content (AvgIpc) is 2.97. The Hall–Kier alpha value is -2.58. The Morgan fingerprint density at radius 2 is 1.96 bits per heavy atom. The molecule has 28 heavy (non-hydrogen) atoms. The fraction of sp³-hybridized carbons (Fsp3) is 0.421. The fourth-order valence-electron chi connectivity index (χ4n) is 3.04. The zero-order valence-corrected chi connectivity index (χ0v) is 16.7. The van der Waals surface area contributed by atoms with Crippen LogP contribution in [0, 0.1) is 0 Å². The number of nitrogens with one attached hydrogen (secondary N) is 2. The van der Waals surface area contributed by atoms with Crippen molar-refractivity contribution in [3.05, 3.63) is 36.0 Å². The van der Waals surface area contributed by atoms with Crippen LogP contribution >= 0.6 is 11.8 Å². The molecule has 0 saturated heterocycles. The molecule has 0 saturated carbocycles. The van der Waals surface area contributed by atoms with Gasteiger partial charge in [-0.15, -0.1) is 0 Å². The number of hydrogen-bond acceptors (Lipinski definition) is 5. The van der Waals surface area contributed by atoms with E-state index in [0.717, 1.165) is 16.5 Å². The Balaban J connectivity index is 2.20. The van der Waals surface area contributed by atoms with Crippen LogP contribution in [-0.2, 0) is 32.6 Å². The van der Waals surface area contributed by atoms with Crippen molar-refractivity contribution >= 4 is 40.5 Å². The molecule has 0 aliphatic carbocycles. The Morgan fingerprint density at radius 1 is 1.25 bits per heavy atom. The maximum absolute atomic E-state index is 12.5. The van der Waals surface area contributed by atoms with Crippen molar-refractivity contribution in [1.82, 2.24) is 14.7 Å². The largest absolute Gasteiger partial charge is 0.464 e. The second-order valence-electron chi connectivity index (χ2n) is 6.47. The molecular formula is C19H25ClN4O4. The Kier molecular flexibility index (Phi) is 7.83. The number of hydrogen-bond donors (Lipinski definition) is 3. The third kappa shape index (κ3) is 5.46. The normalized spacial score (nSPS) is 13.1. The minimum atomic E-state index is -0.889. The summed E-state index contributed by atoms with van der Waals surface area (Å²) in [4.78, 5) is 38.3. The van der Waals surface area contributed by atoms with Crippen LogP contribution in [0.2, 0.25) is 0 Å². The Bertz CT molecular complexity index is 852. The van der Waals surface area contributed by atoms with E-state index in [1.54, 1.807) is 6.92 Å². The van der Waals surface area contributed by atoms with Gasteiger partial charge in [0.15, 0.2) is 0 Å². The number of carbonyl (C=O) groups excluding carboxylic acids is 3. The van der Waals surface area contributed by atoms with Crippen LogP contribution in [0.4, 0.5) is 0 Å². The van der Waals surface area contributed by atoms with E-state index in [-0.39, 0.29) is 25.9 Å². The minimum absolute atomic E-state index is 0.00873. The summed E-state index contributed by atoms with van der Waals surface area (Å²) < 4.78 is 7.08. The highest BCUT2D eigenvalue weighted by molar-refractivity contribution is 6.15. The molecule has 8 nitrogen and oxygen atoms in total. The van der Waals surface area contributed by atoms with Gasteiger partial charge in [0.2, 0.25) is 11.8 Å². The SMILES string of the molecule is CCOC(=O)[C@@H](Cc1cn(C)c2ccccc12)NC(=O)[C@H](CCC(N)=O)NCl. The fourth-order valence-corrected chi connectivity index (χ4v) is 3.25. The van der Waals surface area contributed by atoms with Crippen LogP contribution in [-0.4, -0.2) is 41.0 Å². The first kappa shape index (κ1) is 21.7. The quantitative estimate of drug-likeness (QED) is 0.403. The van der Waals surface area contributed by atoms with Crippen molar-refractivity contribution in [2.24, 2.45) is 12.8 Å². The highest BCUT2D eigenvalue weighted by Crippen LogP contribution is 2.22. The van der Waals surface area contributed by atoms with Gasteiger partial charge in [-0.25, -0.2) is 9.63 Å². The van der Waals surface area contributed by atoms with Crippen LogP contribution in [0.5, 0.6) is 0 Å². The number of ether oxygens (including phenoxy) is 1. The molecule has 0 radical (unpaired) electrons. The van der Waals surface area contributed by atoms with Gasteiger partial charge in [-0.1, -0.05) is 18.2 Å². The molecule has 0 spiro atoms. The van der Waals surface area contributed by atoms with Crippen molar-refractivity contribution in [2.45, 2.75) is 38.3 Å². The molecule has 2 aromatic rings. The monoisotopic (exact) mass is 408 g/mol. The number of halogens is 1. The van der Waals surface area contributed by atoms with E-state index < -0.39 is 29.9 Å². The molecule has 9 heteroatoms. The van der Waals surface area contributed by atoms with Gasteiger partial charge >= 0.3 is 5.97 Å². The van der Waals surface area contributed by atoms with Gasteiger partial charge in [-0.05, 0) is 36.8 Å². The number of nitrogens with two attached hydrogens (primary N) is 1. The lowest BCUT2D eigenvalue weighted by molar-refractivity contribution is -0.147. The number of aryl methyl sites for hydroxylation is 1. The van der Waals surface area contributed by atoms with E-state index in [1.807, 2.05) is 42.1 Å². The lowest BCUT2D eigenvalue weighted by atomic mass is 10.0. The van der Waals surface area contributed by atoms with Crippen molar-refractivity contribution in [3.8, 4) is 0 Å². The van der Waals surface area contributed by atoms with E-state index in [4.69, 9.17) is 22.2 Å². The first-order valence-electron chi connectivity index (χ1n) is 9.01. The van der Waals surface area contributed by atoms with Crippen LogP contribution in [0.1, 0.15) is 25.3 Å². The van der Waals surface area contributed by atoms with E-state index in [0.29, 0.717) is 0 Å². The van der Waals surface area contributed by atoms with Crippen molar-refractivity contribution in [3.63, 3.8) is 0 Å². The molecule has 2 atom stereocenters. The number of amides is 2. The number of esters is 1. The second kappa shape index (κ2) is 10.1. The highest BCUT2D eigenvalue weighted by Gasteiger charge is 2.27. The summed E-state index contributed by atoms with van der Waals surface area (Å²) in [5.74, 6) is -1.58. The summed E-state index contributed by atoms with van der Waals surface area (Å²) in [5.41, 5.74) is 7.05. The second-order valence-corrected chi connectivity index (χ2v) is 6.68. The van der Waals surface area contributed by atoms with Gasteiger partial charge in [0.05, 0.1) is 6.61 Å². The highest BCUT2D eigenvalue weighted by atomic mass is 35.5. The molecule has 2 rings (SSSR count). The molecule has 0 aliphatic rings. The third-order valence-electron chi connectivity index (χ3n) is 4.42. The van der Waals surface area contributed by atoms with Crippen LogP contribution < -0.4 is 15.9 Å². The first-order valence-corrected chi connectivity index (χ1v) is 9.39. The van der Waals surface area contributed by atoms with Crippen molar-refractivity contribution in [2.75, 3.05) is 6.61 Å². The molecule has 4 N–H and O–H groups in total. The van der Waals surface area contributed by atoms with Crippen LogP contribution in [0.25, 0.3) is 10.9 Å². The lowest BCUT2D eigenvalue weighted by Gasteiger charge is -2.20. The van der Waals surface area contributed by atoms with Gasteiger partial charge < -0.3 is 20.4 Å². The summed E-state index contributed by atoms with van der Waals surface area (Å²) in [5, 5.41) is 3.67. The maximum atomic E-state index is 12.5. The molecule has 0 bridgehead atoms. The predicted octanol–water partition coefficient (Wildman–Crippen LogP) is 1.15. The van der Waals surface area contributed by atoms with Gasteiger partial charge in [0.25, 0.3) is 0 Å². The Labute approximate surface area is 168 Å². The molecule has 1 heterocycles. The van der Waals surface area contributed by atoms with Crippen molar-refractivity contribution < 1.29 is 19.1 Å². The lowest BCUT2D eigenvalue weighted by Crippen LogP contribution is -2.50. The molecule has 0 fully saturated rings. The third-order valence-corrected chi connectivity index (χ3v) is 4.68. The van der Waals surface area contributed by atoms with E-state index in [9.17, 15) is 14.4 Å². The van der Waals surface area contributed by atoms with E-state index >= 15 is 0 Å². The van der Waals surface area contributed by atoms with Gasteiger partial charge in [-0.3, -0.25) is 9.59 Å². The van der Waals surface area contributed by atoms with Crippen LogP contribution in [0.3, 0.4) is 0 Å². The zero-order chi connectivity index (χ0) is 20.7. The van der Waals surface area contributed by atoms with E-state index in [2.05, 4.69) is 10.2 Å². The summed E-state index contributed by atoms with van der Waals surface area (Å²) in [6.07, 6.45) is 2.30. The summed E-state index contributed by atoms with van der Waals surface area (Å²) in [7, 11) is 1.92. The summed E-state index contributed by atoms with van der Waals surface area (Å²) >= 11 is 5.63. The number of nitrogens with zero attached hydrogens (tertiary/aromatic N) is 1. The smallest absolute Gasteiger partial charge is 0.328 e. The van der Waals surface area contributed by atoms with Crippen LogP contribution in [0.15, 0.2) is 30.5 Å². The Morgan fingerprint density at radius 3 is 2.61 bits per heavy atom. The number of fused-ring (bicyclic) bond motifs is 1. The number of para-hydroxylation sites is 1. The zero-order valence-electron chi connectivity index (χ0n) is 15.9. The predicted molar refractivity (Wildman–Crippen MR) is 106 cm³/mol. The number of aromatic nitrogens is 1. The number of carbonyl (C=O) groups is 3. The topological polar surface area (TPSA) is 115 Å². The average molecular weight is 409 g/mol. The molecule has 0 unspecified atom stereocenters. The molecule has 2 amide bonds. The minimum Gasteiger partial charge on any atom is -0.464 e. The number of primary amides is 1. The van der Waals surface area contributed by atoms with Crippen molar-refractivity contribution in [1.29, 1.82) is 0 Å². The molecule has 152 valence electrons. The van der Waals surface area contributed by atoms with Gasteiger partial charge in [0, 0.05) is 37.0 Å². The standard InChI is InChI=1S/C19H25ClN4O4/c1-3-28-19(27)15(22-18(26)14(23-20)8-9-17(21)25)10-12-11-24(2)16-7-5-4-6-13(12)16/h4-7,11,14-15,23H,3,8-10H2,1-2H3,(H2,21,25)(H,22,26)/t14-,15+/m0/s1. The molecule has 1 aromatic carbocycles. The summed E-state index contributed by atoms with van der Waals surface area (Å²) in [6, 6.07) is 6.05. The number of benzene rings is 1. The summed E-state index contributed by atoms with van der Waals surface area (Å²) in [6.45, 7) is 1.89.